The van der Waals surface area contributed by atoms with Crippen LogP contribution in [0.15, 0.2) is 48.5 Å². The number of rotatable bonds is 4. The van der Waals surface area contributed by atoms with Gasteiger partial charge in [0.2, 0.25) is 0 Å². The largest absolute Gasteiger partial charge is 0.465 e. The third-order valence-electron chi connectivity index (χ3n) is 5.23. The van der Waals surface area contributed by atoms with Gasteiger partial charge in [-0.1, -0.05) is 0 Å². The number of aromatic nitrogens is 1. The maximum absolute atomic E-state index is 11.9. The zero-order valence-electron chi connectivity index (χ0n) is 16.4. The van der Waals surface area contributed by atoms with Crippen molar-refractivity contribution in [2.75, 3.05) is 30.4 Å². The molecule has 1 saturated heterocycles. The molecule has 0 amide bonds. The average molecular weight is 375 g/mol. The number of ether oxygens (including phenoxy) is 1. The van der Waals surface area contributed by atoms with Crippen LogP contribution in [0.5, 0.6) is 0 Å². The Hall–Kier alpha value is -3.08. The Bertz CT molecular complexity index is 993. The standard InChI is InChI=1S/C23H25N3O2/c1-16-14-22(20-15-17(23(27)28-2)6-11-21(20)24-16)25-18-7-9-19(10-8-18)26-12-4-3-5-13-26/h6-11,14-15H,3-5,12-13H2,1-2H3,(H,24,25). The van der Waals surface area contributed by atoms with Crippen molar-refractivity contribution < 1.29 is 9.53 Å². The Labute approximate surface area is 165 Å². The minimum atomic E-state index is -0.348. The molecule has 5 heteroatoms. The van der Waals surface area contributed by atoms with Gasteiger partial charge in [0.1, 0.15) is 0 Å². The summed E-state index contributed by atoms with van der Waals surface area (Å²) in [5, 5.41) is 4.39. The summed E-state index contributed by atoms with van der Waals surface area (Å²) in [6, 6.07) is 16.0. The molecule has 1 fully saturated rings. The van der Waals surface area contributed by atoms with E-state index in [-0.39, 0.29) is 5.97 Å². The number of anilines is 3. The maximum Gasteiger partial charge on any atom is 0.337 e. The molecule has 3 aromatic rings. The molecule has 0 radical (unpaired) electrons. The normalized spacial score (nSPS) is 14.1. The van der Waals surface area contributed by atoms with Crippen LogP contribution in [0.3, 0.4) is 0 Å². The van der Waals surface area contributed by atoms with Gasteiger partial charge >= 0.3 is 5.97 Å². The number of fused-ring (bicyclic) bond motifs is 1. The first kappa shape index (κ1) is 18.3. The number of hydrogen-bond acceptors (Lipinski definition) is 5. The highest BCUT2D eigenvalue weighted by Crippen LogP contribution is 2.29. The predicted octanol–water partition coefficient (Wildman–Crippen LogP) is 5.06. The maximum atomic E-state index is 11.9. The van der Waals surface area contributed by atoms with Crippen molar-refractivity contribution in [1.82, 2.24) is 4.98 Å². The highest BCUT2D eigenvalue weighted by atomic mass is 16.5. The summed E-state index contributed by atoms with van der Waals surface area (Å²) in [5.41, 5.74) is 5.50. The van der Waals surface area contributed by atoms with Crippen molar-refractivity contribution in [2.45, 2.75) is 26.2 Å². The molecule has 2 aromatic carbocycles. The summed E-state index contributed by atoms with van der Waals surface area (Å²) in [5.74, 6) is -0.348. The molecule has 0 aliphatic carbocycles. The van der Waals surface area contributed by atoms with Gasteiger partial charge in [0.25, 0.3) is 0 Å². The van der Waals surface area contributed by atoms with E-state index in [1.807, 2.05) is 25.1 Å². The lowest BCUT2D eigenvalue weighted by molar-refractivity contribution is 0.0601. The first-order valence-electron chi connectivity index (χ1n) is 9.76. The molecule has 0 atom stereocenters. The van der Waals surface area contributed by atoms with Crippen LogP contribution >= 0.6 is 0 Å². The number of hydrogen-bond donors (Lipinski definition) is 1. The zero-order chi connectivity index (χ0) is 19.5. The molecule has 0 saturated carbocycles. The van der Waals surface area contributed by atoms with Crippen LogP contribution in [0.1, 0.15) is 35.3 Å². The molecule has 2 heterocycles. The number of aryl methyl sites for hydroxylation is 1. The molecular weight excluding hydrogens is 350 g/mol. The van der Waals surface area contributed by atoms with Crippen LogP contribution in [-0.2, 0) is 4.74 Å². The van der Waals surface area contributed by atoms with Crippen molar-refractivity contribution in [1.29, 1.82) is 0 Å². The number of nitrogens with one attached hydrogen (secondary N) is 1. The number of carbonyl (C=O) groups is 1. The van der Waals surface area contributed by atoms with Crippen molar-refractivity contribution in [3.05, 3.63) is 59.8 Å². The third kappa shape index (κ3) is 3.79. The van der Waals surface area contributed by atoms with E-state index < -0.39 is 0 Å². The molecule has 1 N–H and O–H groups in total. The lowest BCUT2D eigenvalue weighted by atomic mass is 10.1. The fraction of sp³-hybridized carbons (Fsp3) is 0.304. The molecule has 144 valence electrons. The van der Waals surface area contributed by atoms with Gasteiger partial charge in [-0.05, 0) is 74.7 Å². The second-order valence-electron chi connectivity index (χ2n) is 7.25. The Morgan fingerprint density at radius 1 is 1.04 bits per heavy atom. The van der Waals surface area contributed by atoms with E-state index in [1.165, 1.54) is 32.1 Å². The van der Waals surface area contributed by atoms with E-state index in [9.17, 15) is 4.79 Å². The SMILES string of the molecule is COC(=O)c1ccc2nc(C)cc(Nc3ccc(N4CCCCC4)cc3)c2c1. The summed E-state index contributed by atoms with van der Waals surface area (Å²) in [6.45, 7) is 4.24. The summed E-state index contributed by atoms with van der Waals surface area (Å²) < 4.78 is 4.85. The summed E-state index contributed by atoms with van der Waals surface area (Å²) in [6.07, 6.45) is 3.87. The molecule has 1 aromatic heterocycles. The van der Waals surface area contributed by atoms with Gasteiger partial charge in [0.05, 0.1) is 18.2 Å². The highest BCUT2D eigenvalue weighted by molar-refractivity contribution is 5.99. The minimum absolute atomic E-state index is 0.348. The summed E-state index contributed by atoms with van der Waals surface area (Å²) in [4.78, 5) is 18.9. The van der Waals surface area contributed by atoms with Crippen LogP contribution in [0.25, 0.3) is 10.9 Å². The fourth-order valence-electron chi connectivity index (χ4n) is 3.77. The lowest BCUT2D eigenvalue weighted by Crippen LogP contribution is -2.29. The Morgan fingerprint density at radius 2 is 1.79 bits per heavy atom. The molecule has 0 spiro atoms. The molecule has 4 rings (SSSR count). The van der Waals surface area contributed by atoms with Gasteiger partial charge in [-0.3, -0.25) is 4.98 Å². The number of methoxy groups -OCH3 is 1. The number of benzene rings is 2. The van der Waals surface area contributed by atoms with Crippen LogP contribution in [0.2, 0.25) is 0 Å². The molecule has 5 nitrogen and oxygen atoms in total. The second-order valence-corrected chi connectivity index (χ2v) is 7.25. The van der Waals surface area contributed by atoms with E-state index in [2.05, 4.69) is 39.5 Å². The van der Waals surface area contributed by atoms with Crippen molar-refractivity contribution in [3.63, 3.8) is 0 Å². The molecule has 28 heavy (non-hydrogen) atoms. The fourth-order valence-corrected chi connectivity index (χ4v) is 3.77. The molecule has 0 bridgehead atoms. The van der Waals surface area contributed by atoms with Gasteiger partial charge in [0, 0.05) is 41.2 Å². The van der Waals surface area contributed by atoms with Crippen molar-refractivity contribution in [3.8, 4) is 0 Å². The van der Waals surface area contributed by atoms with E-state index in [0.717, 1.165) is 41.1 Å². The number of esters is 1. The van der Waals surface area contributed by atoms with E-state index in [1.54, 1.807) is 6.07 Å². The van der Waals surface area contributed by atoms with Crippen molar-refractivity contribution in [2.24, 2.45) is 0 Å². The summed E-state index contributed by atoms with van der Waals surface area (Å²) >= 11 is 0. The quantitative estimate of drug-likeness (QED) is 0.646. The van der Waals surface area contributed by atoms with Gasteiger partial charge < -0.3 is 15.0 Å². The molecule has 1 aliphatic rings. The van der Waals surface area contributed by atoms with Crippen LogP contribution in [0, 0.1) is 6.92 Å². The number of pyridine rings is 1. The molecular formula is C23H25N3O2. The monoisotopic (exact) mass is 375 g/mol. The van der Waals surface area contributed by atoms with E-state index in [0.29, 0.717) is 5.56 Å². The molecule has 1 aliphatic heterocycles. The summed E-state index contributed by atoms with van der Waals surface area (Å²) in [7, 11) is 1.39. The van der Waals surface area contributed by atoms with Gasteiger partial charge in [-0.2, -0.15) is 0 Å². The Kier molecular flexibility index (Phi) is 5.15. The van der Waals surface area contributed by atoms with Gasteiger partial charge in [0.15, 0.2) is 0 Å². The predicted molar refractivity (Wildman–Crippen MR) is 114 cm³/mol. The number of carbonyl (C=O) groups excluding carboxylic acids is 1. The number of piperidine rings is 1. The van der Waals surface area contributed by atoms with Crippen LogP contribution in [-0.4, -0.2) is 31.2 Å². The van der Waals surface area contributed by atoms with Crippen molar-refractivity contribution >= 4 is 33.9 Å². The van der Waals surface area contributed by atoms with E-state index in [4.69, 9.17) is 4.74 Å². The first-order chi connectivity index (χ1) is 13.6. The zero-order valence-corrected chi connectivity index (χ0v) is 16.4. The lowest BCUT2D eigenvalue weighted by Gasteiger charge is -2.28. The molecule has 0 unspecified atom stereocenters. The topological polar surface area (TPSA) is 54.5 Å². The van der Waals surface area contributed by atoms with Crippen LogP contribution < -0.4 is 10.2 Å². The average Bonchev–Trinajstić information content (AvgIpc) is 2.74. The smallest absolute Gasteiger partial charge is 0.337 e. The first-order valence-corrected chi connectivity index (χ1v) is 9.76. The van der Waals surface area contributed by atoms with Gasteiger partial charge in [-0.15, -0.1) is 0 Å². The van der Waals surface area contributed by atoms with Gasteiger partial charge in [-0.25, -0.2) is 4.79 Å². The third-order valence-corrected chi connectivity index (χ3v) is 5.23. The van der Waals surface area contributed by atoms with E-state index >= 15 is 0 Å². The number of nitrogens with zero attached hydrogens (tertiary/aromatic N) is 2. The second kappa shape index (κ2) is 7.89. The Balaban J connectivity index is 1.63. The highest BCUT2D eigenvalue weighted by Gasteiger charge is 2.12. The van der Waals surface area contributed by atoms with Crippen LogP contribution in [0.4, 0.5) is 17.1 Å². The minimum Gasteiger partial charge on any atom is -0.465 e. The Morgan fingerprint density at radius 3 is 2.50 bits per heavy atom.